The number of carbonyl (C=O) groups excluding carboxylic acids is 2. The predicted octanol–water partition coefficient (Wildman–Crippen LogP) is 1.20. The summed E-state index contributed by atoms with van der Waals surface area (Å²) < 4.78 is 5.41. The van der Waals surface area contributed by atoms with Crippen molar-refractivity contribution >= 4 is 30.0 Å². The fourth-order valence-corrected chi connectivity index (χ4v) is 3.03. The van der Waals surface area contributed by atoms with Crippen molar-refractivity contribution in [3.63, 3.8) is 0 Å². The molecule has 2 aliphatic heterocycles. The number of hydrogen-bond acceptors (Lipinski definition) is 6. The number of hydrogen-bond donors (Lipinski definition) is 2. The number of aliphatic carboxylic acids is 2. The molecule has 0 aromatic heterocycles. The van der Waals surface area contributed by atoms with E-state index in [2.05, 4.69) is 4.99 Å². The fourth-order valence-electron chi connectivity index (χ4n) is 3.03. The van der Waals surface area contributed by atoms with E-state index in [0.29, 0.717) is 11.1 Å². The zero-order valence-corrected chi connectivity index (χ0v) is 15.0. The number of nitrogens with zero attached hydrogens (tertiary/aromatic N) is 2. The van der Waals surface area contributed by atoms with Crippen LogP contribution in [0.15, 0.2) is 40.5 Å². The molecule has 2 heterocycles. The average Bonchev–Trinajstić information content (AvgIpc) is 2.91. The normalized spacial score (nSPS) is 21.2. The van der Waals surface area contributed by atoms with Gasteiger partial charge in [-0.25, -0.2) is 4.79 Å². The van der Waals surface area contributed by atoms with Gasteiger partial charge < -0.3 is 14.9 Å². The summed E-state index contributed by atoms with van der Waals surface area (Å²) in [5.41, 5.74) is -0.722. The van der Waals surface area contributed by atoms with Crippen molar-refractivity contribution in [2.45, 2.75) is 13.3 Å². The zero-order valence-electron chi connectivity index (χ0n) is 15.0. The van der Waals surface area contributed by atoms with E-state index in [1.165, 1.54) is 13.1 Å². The molecule has 3 rings (SSSR count). The van der Waals surface area contributed by atoms with Crippen LogP contribution in [0.1, 0.15) is 34.1 Å². The fraction of sp³-hybridized carbons (Fsp3) is 0.316. The monoisotopic (exact) mass is 386 g/mol. The van der Waals surface area contributed by atoms with Gasteiger partial charge in [0.2, 0.25) is 0 Å². The number of fused-ring (bicyclic) bond motifs is 1. The smallest absolute Gasteiger partial charge is 0.333 e. The first-order valence-corrected chi connectivity index (χ1v) is 8.51. The van der Waals surface area contributed by atoms with E-state index in [1.54, 1.807) is 24.3 Å². The standard InChI is InChI=1S/C19H18N2O7/c1-19(18(26)27)8-13(17(24)25)14(20-10-19)9-28-7-6-21-15(22)11-4-2-3-5-12(11)16(21)23/h2-5,10H,6-9H2,1H3,(H,24,25)(H,26,27). The van der Waals surface area contributed by atoms with Gasteiger partial charge in [0.05, 0.1) is 42.2 Å². The second-order valence-electron chi connectivity index (χ2n) is 6.75. The Labute approximate surface area is 159 Å². The van der Waals surface area contributed by atoms with E-state index in [0.717, 1.165) is 4.90 Å². The van der Waals surface area contributed by atoms with Crippen molar-refractivity contribution < 1.29 is 34.1 Å². The van der Waals surface area contributed by atoms with Crippen LogP contribution in [0.25, 0.3) is 0 Å². The Bertz CT molecular complexity index is 899. The maximum absolute atomic E-state index is 12.3. The number of carbonyl (C=O) groups is 4. The molecule has 28 heavy (non-hydrogen) atoms. The summed E-state index contributed by atoms with van der Waals surface area (Å²) in [5.74, 6) is -3.23. The highest BCUT2D eigenvalue weighted by Crippen LogP contribution is 2.31. The van der Waals surface area contributed by atoms with Gasteiger partial charge in [-0.3, -0.25) is 24.3 Å². The summed E-state index contributed by atoms with van der Waals surface area (Å²) in [6.07, 6.45) is 0.989. The van der Waals surface area contributed by atoms with Crippen LogP contribution in [-0.4, -0.2) is 64.8 Å². The summed E-state index contributed by atoms with van der Waals surface area (Å²) in [7, 11) is 0. The molecule has 1 aromatic rings. The SMILES string of the molecule is CC1(C(=O)O)C=NC(COCCN2C(=O)c3ccccc3C2=O)=C(C(=O)O)C1. The van der Waals surface area contributed by atoms with Gasteiger partial charge >= 0.3 is 11.9 Å². The van der Waals surface area contributed by atoms with Crippen molar-refractivity contribution in [2.75, 3.05) is 19.8 Å². The number of ether oxygens (including phenoxy) is 1. The highest BCUT2D eigenvalue weighted by Gasteiger charge is 2.38. The zero-order chi connectivity index (χ0) is 20.5. The van der Waals surface area contributed by atoms with Crippen LogP contribution >= 0.6 is 0 Å². The number of benzene rings is 1. The van der Waals surface area contributed by atoms with E-state index in [9.17, 15) is 29.4 Å². The highest BCUT2D eigenvalue weighted by atomic mass is 16.5. The molecule has 9 heteroatoms. The van der Waals surface area contributed by atoms with Crippen LogP contribution in [0.3, 0.4) is 0 Å². The second kappa shape index (κ2) is 7.35. The maximum Gasteiger partial charge on any atom is 0.333 e. The van der Waals surface area contributed by atoms with E-state index in [1.807, 2.05) is 0 Å². The summed E-state index contributed by atoms with van der Waals surface area (Å²) in [5, 5.41) is 18.6. The third-order valence-corrected chi connectivity index (χ3v) is 4.72. The number of imide groups is 1. The summed E-state index contributed by atoms with van der Waals surface area (Å²) >= 11 is 0. The van der Waals surface area contributed by atoms with E-state index >= 15 is 0 Å². The maximum atomic E-state index is 12.3. The molecule has 0 fully saturated rings. The van der Waals surface area contributed by atoms with Crippen LogP contribution in [0.5, 0.6) is 0 Å². The number of amides is 2. The van der Waals surface area contributed by atoms with Gasteiger partial charge in [-0.2, -0.15) is 0 Å². The van der Waals surface area contributed by atoms with Crippen LogP contribution in [-0.2, 0) is 14.3 Å². The van der Waals surface area contributed by atoms with Crippen molar-refractivity contribution in [2.24, 2.45) is 10.4 Å². The van der Waals surface area contributed by atoms with Crippen molar-refractivity contribution in [3.05, 3.63) is 46.7 Å². The van der Waals surface area contributed by atoms with E-state index < -0.39 is 29.2 Å². The summed E-state index contributed by atoms with van der Waals surface area (Å²) in [4.78, 5) is 52.3. The molecule has 0 radical (unpaired) electrons. The molecule has 0 saturated carbocycles. The Hall–Kier alpha value is -3.33. The Morgan fingerprint density at radius 2 is 1.79 bits per heavy atom. The molecule has 2 amide bonds. The molecule has 0 spiro atoms. The third-order valence-electron chi connectivity index (χ3n) is 4.72. The molecule has 0 bridgehead atoms. The Kier molecular flexibility index (Phi) is 5.10. The molecule has 146 valence electrons. The van der Waals surface area contributed by atoms with Crippen LogP contribution < -0.4 is 0 Å². The molecule has 1 unspecified atom stereocenters. The van der Waals surface area contributed by atoms with Crippen molar-refractivity contribution in [3.8, 4) is 0 Å². The number of rotatable bonds is 7. The minimum Gasteiger partial charge on any atom is -0.481 e. The molecule has 0 aliphatic carbocycles. The van der Waals surface area contributed by atoms with Crippen LogP contribution in [0, 0.1) is 5.41 Å². The lowest BCUT2D eigenvalue weighted by Crippen LogP contribution is -2.34. The molecule has 1 aromatic carbocycles. The lowest BCUT2D eigenvalue weighted by Gasteiger charge is -2.25. The number of carboxylic acid groups (broad SMARTS) is 2. The molecular formula is C19H18N2O7. The van der Waals surface area contributed by atoms with Gasteiger partial charge in [-0.15, -0.1) is 0 Å². The van der Waals surface area contributed by atoms with Crippen molar-refractivity contribution in [1.82, 2.24) is 4.90 Å². The average molecular weight is 386 g/mol. The van der Waals surface area contributed by atoms with Crippen LogP contribution in [0.4, 0.5) is 0 Å². The van der Waals surface area contributed by atoms with Gasteiger partial charge in [0.25, 0.3) is 11.8 Å². The quantitative estimate of drug-likeness (QED) is 0.531. The summed E-state index contributed by atoms with van der Waals surface area (Å²) in [6, 6.07) is 6.51. The predicted molar refractivity (Wildman–Crippen MR) is 96.1 cm³/mol. The Morgan fingerprint density at radius 1 is 1.18 bits per heavy atom. The summed E-state index contributed by atoms with van der Waals surface area (Å²) in [6.45, 7) is 1.23. The van der Waals surface area contributed by atoms with E-state index in [-0.39, 0.29) is 37.4 Å². The van der Waals surface area contributed by atoms with Gasteiger partial charge in [0.1, 0.15) is 5.41 Å². The minimum absolute atomic E-state index is 0.00636. The highest BCUT2D eigenvalue weighted by molar-refractivity contribution is 6.21. The number of carboxylic acids is 2. The minimum atomic E-state index is -1.39. The van der Waals surface area contributed by atoms with Gasteiger partial charge in [-0.05, 0) is 19.1 Å². The van der Waals surface area contributed by atoms with Crippen LogP contribution in [0.2, 0.25) is 0 Å². The topological polar surface area (TPSA) is 134 Å². The first-order valence-electron chi connectivity index (χ1n) is 8.51. The van der Waals surface area contributed by atoms with E-state index in [4.69, 9.17) is 4.74 Å². The van der Waals surface area contributed by atoms with Gasteiger partial charge in [0.15, 0.2) is 0 Å². The molecular weight excluding hydrogens is 368 g/mol. The van der Waals surface area contributed by atoms with Crippen molar-refractivity contribution in [1.29, 1.82) is 0 Å². The Balaban J connectivity index is 1.60. The van der Waals surface area contributed by atoms with Gasteiger partial charge in [-0.1, -0.05) is 12.1 Å². The molecule has 2 aliphatic rings. The first-order chi connectivity index (χ1) is 13.2. The third kappa shape index (κ3) is 3.44. The molecule has 9 nitrogen and oxygen atoms in total. The lowest BCUT2D eigenvalue weighted by atomic mass is 9.82. The van der Waals surface area contributed by atoms with Gasteiger partial charge in [0, 0.05) is 12.6 Å². The molecule has 1 atom stereocenters. The molecule has 2 N–H and O–H groups in total. The second-order valence-corrected chi connectivity index (χ2v) is 6.75. The molecule has 0 saturated heterocycles. The number of aliphatic imine (C=N–C) groups is 1. The largest absolute Gasteiger partial charge is 0.481 e. The Morgan fingerprint density at radius 3 is 2.32 bits per heavy atom. The lowest BCUT2D eigenvalue weighted by molar-refractivity contribution is -0.144. The first kappa shape index (κ1) is 19.4.